The molecule has 5 heteroatoms. The molecule has 0 saturated heterocycles. The van der Waals surface area contributed by atoms with E-state index >= 15 is 0 Å². The zero-order valence-electron chi connectivity index (χ0n) is 8.24. The molecule has 0 aliphatic heterocycles. The number of aryl methyl sites for hydroxylation is 1. The number of guanidine groups is 1. The van der Waals surface area contributed by atoms with E-state index in [0.29, 0.717) is 0 Å². The minimum Gasteiger partial charge on any atom is -0.496 e. The summed E-state index contributed by atoms with van der Waals surface area (Å²) < 4.78 is 5.11. The number of ether oxygens (including phenoxy) is 1. The van der Waals surface area contributed by atoms with E-state index in [2.05, 4.69) is 10.4 Å². The third-order valence-electron chi connectivity index (χ3n) is 1.78. The van der Waals surface area contributed by atoms with Crippen LogP contribution in [0.4, 0.5) is 5.69 Å². The van der Waals surface area contributed by atoms with Crippen LogP contribution < -0.4 is 21.7 Å². The minimum absolute atomic E-state index is 0.176. The van der Waals surface area contributed by atoms with E-state index in [0.717, 1.165) is 17.0 Å². The molecule has 76 valence electrons. The van der Waals surface area contributed by atoms with E-state index in [1.807, 2.05) is 19.1 Å². The summed E-state index contributed by atoms with van der Waals surface area (Å²) in [6.45, 7) is 1.93. The summed E-state index contributed by atoms with van der Waals surface area (Å²) in [5, 5.41) is 0. The van der Waals surface area contributed by atoms with Gasteiger partial charge in [-0.3, -0.25) is 5.43 Å². The van der Waals surface area contributed by atoms with Crippen molar-refractivity contribution in [2.75, 3.05) is 7.11 Å². The summed E-state index contributed by atoms with van der Waals surface area (Å²) in [7, 11) is 1.63. The first kappa shape index (κ1) is 10.3. The van der Waals surface area contributed by atoms with Crippen LogP contribution in [0.5, 0.6) is 5.75 Å². The maximum Gasteiger partial charge on any atom is 0.208 e. The number of nitrogens with zero attached hydrogens (tertiary/aromatic N) is 1. The molecule has 1 rings (SSSR count). The third-order valence-corrected chi connectivity index (χ3v) is 1.78. The first-order chi connectivity index (χ1) is 6.67. The van der Waals surface area contributed by atoms with Crippen LogP contribution in [-0.4, -0.2) is 13.1 Å². The second-order valence-electron chi connectivity index (χ2n) is 2.80. The first-order valence-corrected chi connectivity index (χ1v) is 4.12. The number of methoxy groups -OCH3 is 1. The van der Waals surface area contributed by atoms with Crippen molar-refractivity contribution in [3.8, 4) is 5.75 Å². The Morgan fingerprint density at radius 2 is 2.21 bits per heavy atom. The average Bonchev–Trinajstić information content (AvgIpc) is 2.18. The van der Waals surface area contributed by atoms with E-state index in [-0.39, 0.29) is 5.96 Å². The first-order valence-electron chi connectivity index (χ1n) is 4.12. The highest BCUT2D eigenvalue weighted by Crippen LogP contribution is 2.22. The van der Waals surface area contributed by atoms with E-state index in [1.54, 1.807) is 13.2 Å². The molecular weight excluding hydrogens is 180 g/mol. The Kier molecular flexibility index (Phi) is 3.30. The number of benzene rings is 1. The smallest absolute Gasteiger partial charge is 0.208 e. The SMILES string of the molecule is COc1ccc(N=C(N)NN)cc1C. The van der Waals surface area contributed by atoms with Gasteiger partial charge in [-0.15, -0.1) is 0 Å². The van der Waals surface area contributed by atoms with Gasteiger partial charge in [0.25, 0.3) is 0 Å². The van der Waals surface area contributed by atoms with Gasteiger partial charge in [-0.1, -0.05) is 0 Å². The zero-order chi connectivity index (χ0) is 10.6. The summed E-state index contributed by atoms with van der Waals surface area (Å²) >= 11 is 0. The largest absolute Gasteiger partial charge is 0.496 e. The van der Waals surface area contributed by atoms with Crippen LogP contribution in [0.1, 0.15) is 5.56 Å². The number of hydrogen-bond acceptors (Lipinski definition) is 3. The highest BCUT2D eigenvalue weighted by atomic mass is 16.5. The van der Waals surface area contributed by atoms with E-state index in [9.17, 15) is 0 Å². The molecule has 0 bridgehead atoms. The predicted molar refractivity (Wildman–Crippen MR) is 56.3 cm³/mol. The van der Waals surface area contributed by atoms with Gasteiger partial charge in [0.15, 0.2) is 0 Å². The maximum atomic E-state index is 5.41. The lowest BCUT2D eigenvalue weighted by Gasteiger charge is -2.05. The molecular formula is C9H14N4O. The minimum atomic E-state index is 0.176. The Morgan fingerprint density at radius 1 is 1.50 bits per heavy atom. The van der Waals surface area contributed by atoms with Crippen LogP contribution in [0, 0.1) is 6.92 Å². The quantitative estimate of drug-likeness (QED) is 0.275. The molecule has 0 aliphatic rings. The average molecular weight is 194 g/mol. The molecule has 0 atom stereocenters. The van der Waals surface area contributed by atoms with Gasteiger partial charge in [-0.25, -0.2) is 10.8 Å². The highest BCUT2D eigenvalue weighted by Gasteiger charge is 1.98. The fourth-order valence-electron chi connectivity index (χ4n) is 1.10. The molecule has 0 aliphatic carbocycles. The van der Waals surface area contributed by atoms with Crippen LogP contribution in [0.15, 0.2) is 23.2 Å². The van der Waals surface area contributed by atoms with E-state index < -0.39 is 0 Å². The second-order valence-corrected chi connectivity index (χ2v) is 2.80. The molecule has 0 spiro atoms. The summed E-state index contributed by atoms with van der Waals surface area (Å²) in [6, 6.07) is 5.50. The highest BCUT2D eigenvalue weighted by molar-refractivity contribution is 5.80. The number of aliphatic imine (C=N–C) groups is 1. The van der Waals surface area contributed by atoms with Crippen LogP contribution in [0.25, 0.3) is 0 Å². The Bertz CT molecular complexity index is 349. The fraction of sp³-hybridized carbons (Fsp3) is 0.222. The van der Waals surface area contributed by atoms with Gasteiger partial charge in [0, 0.05) is 0 Å². The number of nitrogens with two attached hydrogens (primary N) is 2. The van der Waals surface area contributed by atoms with Crippen LogP contribution in [-0.2, 0) is 0 Å². The van der Waals surface area contributed by atoms with Crippen molar-refractivity contribution in [3.63, 3.8) is 0 Å². The number of hydrogen-bond donors (Lipinski definition) is 3. The topological polar surface area (TPSA) is 85.7 Å². The van der Waals surface area contributed by atoms with Crippen molar-refractivity contribution < 1.29 is 4.74 Å². The molecule has 5 nitrogen and oxygen atoms in total. The monoisotopic (exact) mass is 194 g/mol. The van der Waals surface area contributed by atoms with Gasteiger partial charge in [0.1, 0.15) is 5.75 Å². The number of rotatable bonds is 2. The molecule has 14 heavy (non-hydrogen) atoms. The molecule has 1 aromatic carbocycles. The Labute approximate surface area is 82.7 Å². The van der Waals surface area contributed by atoms with Crippen molar-refractivity contribution >= 4 is 11.6 Å². The molecule has 0 amide bonds. The lowest BCUT2D eigenvalue weighted by molar-refractivity contribution is 0.412. The van der Waals surface area contributed by atoms with Gasteiger partial charge in [-0.2, -0.15) is 0 Å². The van der Waals surface area contributed by atoms with Crippen molar-refractivity contribution in [1.82, 2.24) is 5.43 Å². The number of nitrogens with one attached hydrogen (secondary N) is 1. The molecule has 0 radical (unpaired) electrons. The predicted octanol–water partition coefficient (Wildman–Crippen LogP) is 0.413. The fourth-order valence-corrected chi connectivity index (χ4v) is 1.10. The molecule has 0 saturated carbocycles. The van der Waals surface area contributed by atoms with E-state index in [1.165, 1.54) is 0 Å². The van der Waals surface area contributed by atoms with Crippen molar-refractivity contribution in [2.24, 2.45) is 16.6 Å². The lowest BCUT2D eigenvalue weighted by atomic mass is 10.2. The summed E-state index contributed by atoms with van der Waals surface area (Å²) in [5.41, 5.74) is 9.40. The Morgan fingerprint density at radius 3 is 2.71 bits per heavy atom. The van der Waals surface area contributed by atoms with Crippen LogP contribution in [0.3, 0.4) is 0 Å². The van der Waals surface area contributed by atoms with Crippen LogP contribution >= 0.6 is 0 Å². The van der Waals surface area contributed by atoms with Gasteiger partial charge in [0.05, 0.1) is 12.8 Å². The van der Waals surface area contributed by atoms with Crippen molar-refractivity contribution in [2.45, 2.75) is 6.92 Å². The molecule has 0 unspecified atom stereocenters. The standard InChI is InChI=1S/C9H14N4O/c1-6-5-7(12-9(10)13-11)3-4-8(6)14-2/h3-5H,11H2,1-2H3,(H3,10,12,13). The maximum absolute atomic E-state index is 5.41. The summed E-state index contributed by atoms with van der Waals surface area (Å²) in [6.07, 6.45) is 0. The van der Waals surface area contributed by atoms with Gasteiger partial charge < -0.3 is 10.5 Å². The Balaban J connectivity index is 2.97. The Hall–Kier alpha value is -1.75. The van der Waals surface area contributed by atoms with E-state index in [4.69, 9.17) is 16.3 Å². The molecule has 0 aromatic heterocycles. The zero-order valence-corrected chi connectivity index (χ0v) is 8.24. The number of hydrazine groups is 1. The molecule has 5 N–H and O–H groups in total. The molecule has 1 aromatic rings. The van der Waals surface area contributed by atoms with Gasteiger partial charge in [-0.05, 0) is 30.7 Å². The van der Waals surface area contributed by atoms with Gasteiger partial charge >= 0.3 is 0 Å². The summed E-state index contributed by atoms with van der Waals surface area (Å²) in [4.78, 5) is 4.02. The summed E-state index contributed by atoms with van der Waals surface area (Å²) in [5.74, 6) is 6.08. The third kappa shape index (κ3) is 2.37. The van der Waals surface area contributed by atoms with Crippen molar-refractivity contribution in [3.05, 3.63) is 23.8 Å². The van der Waals surface area contributed by atoms with Gasteiger partial charge in [0.2, 0.25) is 5.96 Å². The lowest BCUT2D eigenvalue weighted by Crippen LogP contribution is -2.36. The molecule has 0 heterocycles. The second kappa shape index (κ2) is 4.48. The normalized spacial score (nSPS) is 11.2. The van der Waals surface area contributed by atoms with Crippen LogP contribution in [0.2, 0.25) is 0 Å². The van der Waals surface area contributed by atoms with Crippen molar-refractivity contribution in [1.29, 1.82) is 0 Å². The molecule has 0 fully saturated rings.